The van der Waals surface area contributed by atoms with Crippen LogP contribution >= 0.6 is 11.6 Å². The molecule has 20 heavy (non-hydrogen) atoms. The van der Waals surface area contributed by atoms with Gasteiger partial charge in [-0.25, -0.2) is 0 Å². The van der Waals surface area contributed by atoms with E-state index in [0.717, 1.165) is 25.1 Å². The van der Waals surface area contributed by atoms with Crippen LogP contribution in [0.1, 0.15) is 23.5 Å². The second-order valence-corrected chi connectivity index (χ2v) is 5.50. The number of carbonyl (C=O) groups excluding carboxylic acids is 1. The predicted molar refractivity (Wildman–Crippen MR) is 81.7 cm³/mol. The highest BCUT2D eigenvalue weighted by atomic mass is 35.5. The van der Waals surface area contributed by atoms with Crippen LogP contribution in [0.2, 0.25) is 0 Å². The number of hydrogen-bond donors (Lipinski definition) is 0. The van der Waals surface area contributed by atoms with Crippen LogP contribution < -0.4 is 0 Å². The van der Waals surface area contributed by atoms with Crippen LogP contribution in [-0.2, 0) is 9.53 Å². The number of nitrogens with zero attached hydrogens (tertiary/aromatic N) is 1. The molecule has 0 bridgehead atoms. The number of likely N-dealkylation sites (tertiary alicyclic amines) is 1. The lowest BCUT2D eigenvalue weighted by Gasteiger charge is -2.35. The summed E-state index contributed by atoms with van der Waals surface area (Å²) in [5, 5.41) is 0. The fourth-order valence-corrected chi connectivity index (χ4v) is 2.98. The van der Waals surface area contributed by atoms with Gasteiger partial charge in [-0.15, -0.1) is 0 Å². The Bertz CT molecular complexity index is 484. The lowest BCUT2D eigenvalue weighted by Crippen LogP contribution is -2.41. The second-order valence-electron chi connectivity index (χ2n) is 5.25. The number of hydrogen-bond acceptors (Lipinski definition) is 3. The van der Waals surface area contributed by atoms with Crippen LogP contribution in [0.15, 0.2) is 29.8 Å². The van der Waals surface area contributed by atoms with Gasteiger partial charge in [0.05, 0.1) is 13.0 Å². The van der Waals surface area contributed by atoms with Crippen molar-refractivity contribution in [2.75, 3.05) is 27.2 Å². The number of methoxy groups -OCH3 is 1. The summed E-state index contributed by atoms with van der Waals surface area (Å²) in [7, 11) is 3.50. The molecule has 2 atom stereocenters. The summed E-state index contributed by atoms with van der Waals surface area (Å²) in [6, 6.07) is 8.22. The molecule has 108 valence electrons. The zero-order chi connectivity index (χ0) is 14.5. The average molecular weight is 294 g/mol. The molecule has 3 nitrogen and oxygen atoms in total. The number of esters is 1. The fraction of sp³-hybridized carbons (Fsp3) is 0.438. The predicted octanol–water partition coefficient (Wildman–Crippen LogP) is 3.10. The summed E-state index contributed by atoms with van der Waals surface area (Å²) >= 11 is 5.58. The van der Waals surface area contributed by atoms with E-state index in [1.54, 1.807) is 0 Å². The van der Waals surface area contributed by atoms with Gasteiger partial charge in [0.15, 0.2) is 0 Å². The van der Waals surface area contributed by atoms with Crippen LogP contribution in [-0.4, -0.2) is 38.1 Å². The van der Waals surface area contributed by atoms with Crippen molar-refractivity contribution in [2.45, 2.75) is 12.3 Å². The zero-order valence-electron chi connectivity index (χ0n) is 11.9. The second kappa shape index (κ2) is 6.91. The van der Waals surface area contributed by atoms with Crippen molar-refractivity contribution in [1.82, 2.24) is 4.90 Å². The zero-order valence-corrected chi connectivity index (χ0v) is 12.6. The number of benzene rings is 1. The van der Waals surface area contributed by atoms with E-state index in [0.29, 0.717) is 0 Å². The van der Waals surface area contributed by atoms with Crippen LogP contribution in [0.3, 0.4) is 0 Å². The minimum atomic E-state index is -0.119. The van der Waals surface area contributed by atoms with E-state index in [2.05, 4.69) is 17.0 Å². The first-order chi connectivity index (χ1) is 9.65. The molecule has 1 heterocycles. The van der Waals surface area contributed by atoms with Crippen molar-refractivity contribution in [3.63, 3.8) is 0 Å². The summed E-state index contributed by atoms with van der Waals surface area (Å²) in [4.78, 5) is 14.2. The van der Waals surface area contributed by atoms with Crippen LogP contribution in [0.4, 0.5) is 0 Å². The topological polar surface area (TPSA) is 29.5 Å². The number of piperidine rings is 1. The molecule has 0 saturated carbocycles. The van der Waals surface area contributed by atoms with Crippen molar-refractivity contribution < 1.29 is 9.53 Å². The van der Waals surface area contributed by atoms with E-state index in [1.807, 2.05) is 25.3 Å². The quantitative estimate of drug-likeness (QED) is 0.802. The van der Waals surface area contributed by atoms with E-state index in [4.69, 9.17) is 16.3 Å². The summed E-state index contributed by atoms with van der Waals surface area (Å²) in [5.74, 6) is 0.0205. The highest BCUT2D eigenvalue weighted by Gasteiger charge is 2.34. The molecule has 4 heteroatoms. The van der Waals surface area contributed by atoms with Gasteiger partial charge in [0, 0.05) is 12.1 Å². The van der Waals surface area contributed by atoms with Gasteiger partial charge in [0.2, 0.25) is 0 Å². The van der Waals surface area contributed by atoms with Crippen molar-refractivity contribution in [3.8, 4) is 0 Å². The smallest absolute Gasteiger partial charge is 0.310 e. The van der Waals surface area contributed by atoms with E-state index in [-0.39, 0.29) is 17.8 Å². The summed E-state index contributed by atoms with van der Waals surface area (Å²) in [6.45, 7) is 1.75. The largest absolute Gasteiger partial charge is 0.469 e. The first-order valence-corrected chi connectivity index (χ1v) is 7.22. The van der Waals surface area contributed by atoms with Gasteiger partial charge in [0.1, 0.15) is 0 Å². The molecule has 1 aromatic rings. The molecule has 1 aliphatic heterocycles. The lowest BCUT2D eigenvalue weighted by atomic mass is 9.80. The minimum Gasteiger partial charge on any atom is -0.469 e. The maximum atomic E-state index is 12.0. The number of halogens is 1. The molecule has 0 radical (unpaired) electrons. The maximum absolute atomic E-state index is 12.0. The third kappa shape index (κ3) is 3.41. The Morgan fingerprint density at radius 3 is 2.70 bits per heavy atom. The molecule has 0 N–H and O–H groups in total. The molecule has 1 aliphatic rings. The maximum Gasteiger partial charge on any atom is 0.310 e. The van der Waals surface area contributed by atoms with Gasteiger partial charge in [0.25, 0.3) is 0 Å². The molecule has 2 rings (SSSR count). The molecule has 1 saturated heterocycles. The lowest BCUT2D eigenvalue weighted by molar-refractivity contribution is -0.148. The highest BCUT2D eigenvalue weighted by Crippen LogP contribution is 2.33. The first kappa shape index (κ1) is 15.1. The average Bonchev–Trinajstić information content (AvgIpc) is 2.47. The first-order valence-electron chi connectivity index (χ1n) is 6.78. The molecule has 0 unspecified atom stereocenters. The molecule has 1 fully saturated rings. The number of rotatable bonds is 3. The summed E-state index contributed by atoms with van der Waals surface area (Å²) < 4.78 is 4.96. The van der Waals surface area contributed by atoms with Crippen LogP contribution in [0, 0.1) is 5.92 Å². The Morgan fingerprint density at radius 1 is 1.40 bits per heavy atom. The van der Waals surface area contributed by atoms with Gasteiger partial charge in [-0.05, 0) is 43.1 Å². The van der Waals surface area contributed by atoms with Crippen molar-refractivity contribution in [3.05, 3.63) is 40.9 Å². The fourth-order valence-electron chi connectivity index (χ4n) is 2.83. The highest BCUT2D eigenvalue weighted by molar-refractivity contribution is 6.27. The third-order valence-corrected chi connectivity index (χ3v) is 4.07. The standard InChI is InChI=1S/C16H20ClNO2/c1-18-10-8-14(15(11-18)16(19)20-2)13-5-3-12(4-6-13)7-9-17/h3-7,9,14-15H,8,10-11H2,1-2H3/b9-7+/t14-,15+/m1/s1. The Hall–Kier alpha value is -1.32. The van der Waals surface area contributed by atoms with Crippen LogP contribution in [0.25, 0.3) is 6.08 Å². The molecule has 0 spiro atoms. The van der Waals surface area contributed by atoms with Gasteiger partial charge in [-0.1, -0.05) is 35.9 Å². The summed E-state index contributed by atoms with van der Waals surface area (Å²) in [6.07, 6.45) is 2.82. The monoisotopic (exact) mass is 293 g/mol. The van der Waals surface area contributed by atoms with E-state index >= 15 is 0 Å². The van der Waals surface area contributed by atoms with E-state index < -0.39 is 0 Å². The Balaban J connectivity index is 2.21. The summed E-state index contributed by atoms with van der Waals surface area (Å²) in [5.41, 5.74) is 3.76. The Morgan fingerprint density at radius 2 is 2.10 bits per heavy atom. The molecular weight excluding hydrogens is 274 g/mol. The van der Waals surface area contributed by atoms with Gasteiger partial charge in [-0.2, -0.15) is 0 Å². The SMILES string of the molecule is COC(=O)[C@H]1CN(C)CC[C@@H]1c1ccc(/C=C/Cl)cc1. The van der Waals surface area contributed by atoms with E-state index in [9.17, 15) is 4.79 Å². The van der Waals surface area contributed by atoms with Gasteiger partial charge in [-0.3, -0.25) is 4.79 Å². The molecular formula is C16H20ClNO2. The molecule has 0 aliphatic carbocycles. The van der Waals surface area contributed by atoms with Crippen molar-refractivity contribution in [2.24, 2.45) is 5.92 Å². The molecule has 0 amide bonds. The third-order valence-electron chi connectivity index (χ3n) is 3.94. The number of ether oxygens (including phenoxy) is 1. The van der Waals surface area contributed by atoms with Crippen LogP contribution in [0.5, 0.6) is 0 Å². The van der Waals surface area contributed by atoms with Crippen molar-refractivity contribution in [1.29, 1.82) is 0 Å². The van der Waals surface area contributed by atoms with E-state index in [1.165, 1.54) is 18.2 Å². The minimum absolute atomic E-state index is 0.0897. The normalized spacial score (nSPS) is 23.9. The van der Waals surface area contributed by atoms with Gasteiger partial charge < -0.3 is 9.64 Å². The Labute approximate surface area is 125 Å². The Kier molecular flexibility index (Phi) is 5.21. The number of carbonyl (C=O) groups is 1. The molecule has 0 aromatic heterocycles. The van der Waals surface area contributed by atoms with Crippen molar-refractivity contribution >= 4 is 23.6 Å². The van der Waals surface area contributed by atoms with Gasteiger partial charge >= 0.3 is 5.97 Å². The molecule has 1 aromatic carbocycles.